The zero-order chi connectivity index (χ0) is 23.5. The van der Waals surface area contributed by atoms with E-state index in [1.807, 2.05) is 75.1 Å². The fraction of sp³-hybridized carbons (Fsp3) is 0.370. The first-order valence-corrected chi connectivity index (χ1v) is 11.7. The minimum Gasteiger partial charge on any atom is -0.346 e. The molecule has 6 nitrogen and oxygen atoms in total. The van der Waals surface area contributed by atoms with Crippen LogP contribution in [-0.4, -0.2) is 45.6 Å². The minimum absolute atomic E-state index is 0.0310. The second kappa shape index (κ2) is 9.61. The Balaban J connectivity index is 1.56. The summed E-state index contributed by atoms with van der Waals surface area (Å²) >= 11 is 0. The molecule has 1 aliphatic rings. The fourth-order valence-electron chi connectivity index (χ4n) is 4.62. The predicted octanol–water partition coefficient (Wildman–Crippen LogP) is 4.53. The number of aryl methyl sites for hydroxylation is 3. The van der Waals surface area contributed by atoms with Gasteiger partial charge in [0, 0.05) is 25.7 Å². The molecule has 4 rings (SSSR count). The van der Waals surface area contributed by atoms with Crippen LogP contribution in [0.25, 0.3) is 11.1 Å². The normalized spacial score (nSPS) is 16.0. The lowest BCUT2D eigenvalue weighted by Gasteiger charge is -2.34. The largest absolute Gasteiger partial charge is 0.346 e. The number of hydrogen-bond acceptors (Lipinski definition) is 3. The van der Waals surface area contributed by atoms with Crippen molar-refractivity contribution in [3.63, 3.8) is 0 Å². The average Bonchev–Trinajstić information content (AvgIpc) is 3.22. The Morgan fingerprint density at radius 1 is 1.09 bits per heavy atom. The van der Waals surface area contributed by atoms with Gasteiger partial charge in [-0.25, -0.2) is 0 Å². The van der Waals surface area contributed by atoms with Crippen LogP contribution in [-0.2, 0) is 6.54 Å². The highest BCUT2D eigenvalue weighted by Crippen LogP contribution is 2.30. The van der Waals surface area contributed by atoms with Gasteiger partial charge in [0.25, 0.3) is 11.8 Å². The highest BCUT2D eigenvalue weighted by molar-refractivity contribution is 6.02. The molecule has 0 spiro atoms. The fourth-order valence-corrected chi connectivity index (χ4v) is 4.62. The van der Waals surface area contributed by atoms with Gasteiger partial charge in [-0.15, -0.1) is 0 Å². The minimum atomic E-state index is -0.131. The van der Waals surface area contributed by atoms with Crippen LogP contribution in [0, 0.1) is 20.8 Å². The summed E-state index contributed by atoms with van der Waals surface area (Å²) in [6.07, 6.45) is 1.71. The molecule has 0 aliphatic carbocycles. The molecule has 2 aromatic carbocycles. The summed E-state index contributed by atoms with van der Waals surface area (Å²) in [5, 5.41) is 7.51. The topological polar surface area (TPSA) is 67.2 Å². The molecule has 0 unspecified atom stereocenters. The second-order valence-corrected chi connectivity index (χ2v) is 8.85. The molecule has 2 heterocycles. The van der Waals surface area contributed by atoms with Gasteiger partial charge in [-0.2, -0.15) is 5.10 Å². The van der Waals surface area contributed by atoms with Crippen LogP contribution < -0.4 is 5.32 Å². The molecule has 172 valence electrons. The molecule has 33 heavy (non-hydrogen) atoms. The summed E-state index contributed by atoms with van der Waals surface area (Å²) in [5.41, 5.74) is 6.25. The van der Waals surface area contributed by atoms with E-state index in [9.17, 15) is 9.59 Å². The Morgan fingerprint density at radius 3 is 2.58 bits per heavy atom. The van der Waals surface area contributed by atoms with Crippen LogP contribution in [0.4, 0.5) is 0 Å². The van der Waals surface area contributed by atoms with E-state index in [1.54, 1.807) is 4.68 Å². The highest BCUT2D eigenvalue weighted by atomic mass is 16.2. The third-order valence-electron chi connectivity index (χ3n) is 6.51. The molecule has 1 aliphatic heterocycles. The lowest BCUT2D eigenvalue weighted by atomic mass is 9.91. The van der Waals surface area contributed by atoms with Crippen LogP contribution in [0.3, 0.4) is 0 Å². The first kappa shape index (κ1) is 22.8. The zero-order valence-electron chi connectivity index (χ0n) is 19.9. The Labute approximate surface area is 195 Å². The van der Waals surface area contributed by atoms with Gasteiger partial charge in [-0.05, 0) is 68.9 Å². The number of nitrogens with one attached hydrogen (secondary N) is 1. The Kier molecular flexibility index (Phi) is 6.63. The maximum Gasteiger partial charge on any atom is 0.269 e. The summed E-state index contributed by atoms with van der Waals surface area (Å²) in [7, 11) is 0. The number of rotatable bonds is 5. The molecule has 3 aromatic rings. The lowest BCUT2D eigenvalue weighted by Crippen LogP contribution is -2.50. The molecular formula is C27H32N4O2. The summed E-state index contributed by atoms with van der Waals surface area (Å²) in [5.74, 6) is -0.100. The first-order chi connectivity index (χ1) is 15.9. The Hall–Kier alpha value is -3.41. The van der Waals surface area contributed by atoms with E-state index in [0.717, 1.165) is 46.4 Å². The van der Waals surface area contributed by atoms with Gasteiger partial charge in [0.15, 0.2) is 0 Å². The Bertz CT molecular complexity index is 1170. The maximum atomic E-state index is 13.8. The Morgan fingerprint density at radius 2 is 1.85 bits per heavy atom. The average molecular weight is 445 g/mol. The van der Waals surface area contributed by atoms with Gasteiger partial charge in [0.1, 0.15) is 5.69 Å². The smallest absolute Gasteiger partial charge is 0.269 e. The van der Waals surface area contributed by atoms with E-state index in [2.05, 4.69) is 16.5 Å². The van der Waals surface area contributed by atoms with E-state index in [4.69, 9.17) is 0 Å². The molecule has 1 N–H and O–H groups in total. The standard InChI is InChI=1S/C27H32N4O2/c1-5-31-24(16-19(3)29-31)26(32)28-22-12-9-15-30(17-22)27(33)25-20(4)18(2)13-14-23(25)21-10-7-6-8-11-21/h6-8,10-11,13-14,16,22H,5,9,12,15,17H2,1-4H3,(H,28,32)/t22-/m1/s1. The molecule has 1 fully saturated rings. The van der Waals surface area contributed by atoms with Gasteiger partial charge < -0.3 is 10.2 Å². The molecule has 0 bridgehead atoms. The van der Waals surface area contributed by atoms with E-state index in [0.29, 0.717) is 25.3 Å². The van der Waals surface area contributed by atoms with Crippen molar-refractivity contribution in [2.24, 2.45) is 0 Å². The lowest BCUT2D eigenvalue weighted by molar-refractivity contribution is 0.0674. The number of likely N-dealkylation sites (tertiary alicyclic amines) is 1. The number of benzene rings is 2. The van der Waals surface area contributed by atoms with Crippen molar-refractivity contribution in [1.82, 2.24) is 20.0 Å². The molecular weight excluding hydrogens is 412 g/mol. The van der Waals surface area contributed by atoms with Gasteiger partial charge in [0.05, 0.1) is 11.3 Å². The van der Waals surface area contributed by atoms with Crippen molar-refractivity contribution >= 4 is 11.8 Å². The number of nitrogens with zero attached hydrogens (tertiary/aromatic N) is 3. The molecule has 1 aromatic heterocycles. The second-order valence-electron chi connectivity index (χ2n) is 8.85. The van der Waals surface area contributed by atoms with Crippen molar-refractivity contribution in [1.29, 1.82) is 0 Å². The van der Waals surface area contributed by atoms with Crippen molar-refractivity contribution in [3.8, 4) is 11.1 Å². The van der Waals surface area contributed by atoms with E-state index in [-0.39, 0.29) is 17.9 Å². The highest BCUT2D eigenvalue weighted by Gasteiger charge is 2.29. The van der Waals surface area contributed by atoms with Crippen LogP contribution in [0.1, 0.15) is 57.4 Å². The van der Waals surface area contributed by atoms with Gasteiger partial charge in [-0.1, -0.05) is 42.5 Å². The maximum absolute atomic E-state index is 13.8. The van der Waals surface area contributed by atoms with E-state index in [1.165, 1.54) is 0 Å². The van der Waals surface area contributed by atoms with Crippen LogP contribution in [0.5, 0.6) is 0 Å². The van der Waals surface area contributed by atoms with Crippen molar-refractivity contribution in [2.75, 3.05) is 13.1 Å². The zero-order valence-corrected chi connectivity index (χ0v) is 19.9. The van der Waals surface area contributed by atoms with E-state index < -0.39 is 0 Å². The quantitative estimate of drug-likeness (QED) is 0.629. The summed E-state index contributed by atoms with van der Waals surface area (Å²) in [4.78, 5) is 28.6. The van der Waals surface area contributed by atoms with Gasteiger partial charge >= 0.3 is 0 Å². The van der Waals surface area contributed by atoms with Crippen molar-refractivity contribution in [3.05, 3.63) is 76.6 Å². The van der Waals surface area contributed by atoms with Crippen molar-refractivity contribution in [2.45, 2.75) is 53.1 Å². The molecule has 2 amide bonds. The molecule has 1 saturated heterocycles. The van der Waals surface area contributed by atoms with Crippen LogP contribution in [0.2, 0.25) is 0 Å². The number of aromatic nitrogens is 2. The summed E-state index contributed by atoms with van der Waals surface area (Å²) in [6, 6.07) is 15.9. The van der Waals surface area contributed by atoms with Crippen LogP contribution in [0.15, 0.2) is 48.5 Å². The van der Waals surface area contributed by atoms with E-state index >= 15 is 0 Å². The number of amides is 2. The van der Waals surface area contributed by atoms with Crippen LogP contribution >= 0.6 is 0 Å². The summed E-state index contributed by atoms with van der Waals surface area (Å²) in [6.45, 7) is 9.76. The third-order valence-corrected chi connectivity index (χ3v) is 6.51. The first-order valence-electron chi connectivity index (χ1n) is 11.7. The number of carbonyl (C=O) groups is 2. The molecule has 0 radical (unpaired) electrons. The van der Waals surface area contributed by atoms with Gasteiger partial charge in [-0.3, -0.25) is 14.3 Å². The summed E-state index contributed by atoms with van der Waals surface area (Å²) < 4.78 is 1.72. The predicted molar refractivity (Wildman–Crippen MR) is 130 cm³/mol. The number of carbonyl (C=O) groups excluding carboxylic acids is 2. The number of piperidine rings is 1. The molecule has 0 saturated carbocycles. The van der Waals surface area contributed by atoms with Gasteiger partial charge in [0.2, 0.25) is 0 Å². The molecule has 1 atom stereocenters. The monoisotopic (exact) mass is 444 g/mol. The number of hydrogen-bond donors (Lipinski definition) is 1. The van der Waals surface area contributed by atoms with Crippen molar-refractivity contribution < 1.29 is 9.59 Å². The SMILES string of the molecule is CCn1nc(C)cc1C(=O)N[C@@H]1CCCN(C(=O)c2c(-c3ccccc3)ccc(C)c2C)C1. The third kappa shape index (κ3) is 4.70. The molecule has 6 heteroatoms.